The highest BCUT2D eigenvalue weighted by atomic mass is 16.5. The van der Waals surface area contributed by atoms with Crippen LogP contribution in [-0.2, 0) is 11.2 Å². The molecule has 0 bridgehead atoms. The van der Waals surface area contributed by atoms with Crippen molar-refractivity contribution in [1.29, 1.82) is 0 Å². The van der Waals surface area contributed by atoms with Crippen molar-refractivity contribution in [2.45, 2.75) is 25.7 Å². The van der Waals surface area contributed by atoms with E-state index in [4.69, 9.17) is 4.74 Å². The van der Waals surface area contributed by atoms with E-state index < -0.39 is 0 Å². The van der Waals surface area contributed by atoms with E-state index in [2.05, 4.69) is 10.6 Å². The number of fused-ring (bicyclic) bond motifs is 1. The van der Waals surface area contributed by atoms with Gasteiger partial charge in [-0.3, -0.25) is 4.79 Å². The smallest absolute Gasteiger partial charge is 0.323 e. The highest BCUT2D eigenvalue weighted by Gasteiger charge is 2.35. The number of benzene rings is 2. The summed E-state index contributed by atoms with van der Waals surface area (Å²) in [6.07, 6.45) is 3.88. The van der Waals surface area contributed by atoms with Crippen molar-refractivity contribution < 1.29 is 14.3 Å². The van der Waals surface area contributed by atoms with Gasteiger partial charge >= 0.3 is 6.03 Å². The molecule has 2 N–H and O–H groups in total. The molecule has 0 radical (unpaired) electrons. The quantitative estimate of drug-likeness (QED) is 0.859. The minimum absolute atomic E-state index is 0.211. The minimum Gasteiger partial charge on any atom is -0.497 e. The maximum absolute atomic E-state index is 12.5. The lowest BCUT2D eigenvalue weighted by Crippen LogP contribution is -2.36. The van der Waals surface area contributed by atoms with Crippen molar-refractivity contribution in [2.75, 3.05) is 29.2 Å². The van der Waals surface area contributed by atoms with Crippen LogP contribution in [0.1, 0.15) is 24.8 Å². The molecule has 0 spiro atoms. The van der Waals surface area contributed by atoms with Crippen LogP contribution in [0.25, 0.3) is 0 Å². The van der Waals surface area contributed by atoms with E-state index in [1.54, 1.807) is 19.2 Å². The molecular formula is C21H23N3O3. The largest absolute Gasteiger partial charge is 0.497 e. The van der Waals surface area contributed by atoms with E-state index >= 15 is 0 Å². The number of hydrogen-bond donors (Lipinski definition) is 2. The van der Waals surface area contributed by atoms with Crippen LogP contribution < -0.4 is 20.3 Å². The van der Waals surface area contributed by atoms with Crippen LogP contribution in [0.15, 0.2) is 42.5 Å². The number of aryl methyl sites for hydroxylation is 1. The fourth-order valence-corrected chi connectivity index (χ4v) is 3.45. The van der Waals surface area contributed by atoms with Gasteiger partial charge in [0.25, 0.3) is 0 Å². The van der Waals surface area contributed by atoms with Crippen LogP contribution >= 0.6 is 0 Å². The first kappa shape index (κ1) is 17.4. The summed E-state index contributed by atoms with van der Waals surface area (Å²) in [6.45, 7) is 0.783. The number of carbonyl (C=O) groups excluding carboxylic acids is 2. The molecule has 1 aliphatic heterocycles. The number of nitrogens with zero attached hydrogens (tertiary/aromatic N) is 1. The van der Waals surface area contributed by atoms with Gasteiger partial charge in [0, 0.05) is 35.6 Å². The van der Waals surface area contributed by atoms with Crippen LogP contribution in [0.3, 0.4) is 0 Å². The predicted molar refractivity (Wildman–Crippen MR) is 105 cm³/mol. The molecule has 0 aromatic heterocycles. The summed E-state index contributed by atoms with van der Waals surface area (Å²) in [5, 5.41) is 5.66. The zero-order valence-electron chi connectivity index (χ0n) is 15.3. The van der Waals surface area contributed by atoms with Gasteiger partial charge in [0.2, 0.25) is 5.91 Å². The van der Waals surface area contributed by atoms with Crippen molar-refractivity contribution in [3.8, 4) is 5.75 Å². The topological polar surface area (TPSA) is 70.7 Å². The van der Waals surface area contributed by atoms with E-state index in [0.29, 0.717) is 11.4 Å². The van der Waals surface area contributed by atoms with E-state index in [-0.39, 0.29) is 17.9 Å². The Labute approximate surface area is 158 Å². The van der Waals surface area contributed by atoms with Crippen molar-refractivity contribution in [1.82, 2.24) is 0 Å². The maximum atomic E-state index is 12.5. The lowest BCUT2D eigenvalue weighted by Gasteiger charge is -2.30. The van der Waals surface area contributed by atoms with Gasteiger partial charge in [-0.2, -0.15) is 0 Å². The monoisotopic (exact) mass is 365 g/mol. The van der Waals surface area contributed by atoms with Crippen molar-refractivity contribution in [3.63, 3.8) is 0 Å². The standard InChI is InChI=1S/C21H23N3O3/c1-27-18-6-2-5-16(13-18)22-21(26)23-17-9-10-19-15(12-17)4-3-11-24(19)20(25)14-7-8-14/h2,5-6,9-10,12-14H,3-4,7-8,11H2,1H3,(H2,22,23,26). The Bertz CT molecular complexity index is 877. The van der Waals surface area contributed by atoms with Crippen LogP contribution in [0.2, 0.25) is 0 Å². The third-order valence-corrected chi connectivity index (χ3v) is 4.98. The first-order valence-corrected chi connectivity index (χ1v) is 9.30. The van der Waals surface area contributed by atoms with Crippen molar-refractivity contribution in [3.05, 3.63) is 48.0 Å². The first-order chi connectivity index (χ1) is 13.1. The number of carbonyl (C=O) groups is 2. The summed E-state index contributed by atoms with van der Waals surface area (Å²) < 4.78 is 5.16. The first-order valence-electron chi connectivity index (χ1n) is 9.30. The second kappa shape index (κ2) is 7.31. The van der Waals surface area contributed by atoms with Gasteiger partial charge in [-0.05, 0) is 61.6 Å². The SMILES string of the molecule is COc1cccc(NC(=O)Nc2ccc3c(c2)CCCN3C(=O)C2CC2)c1. The number of methoxy groups -OCH3 is 1. The Morgan fingerprint density at radius 1 is 1.07 bits per heavy atom. The van der Waals surface area contributed by atoms with Gasteiger partial charge in [0.05, 0.1) is 7.11 Å². The molecule has 1 saturated carbocycles. The molecule has 1 aliphatic carbocycles. The molecular weight excluding hydrogens is 342 g/mol. The summed E-state index contributed by atoms with van der Waals surface area (Å²) in [5.41, 5.74) is 3.47. The highest BCUT2D eigenvalue weighted by molar-refractivity contribution is 6.01. The summed E-state index contributed by atoms with van der Waals surface area (Å²) in [7, 11) is 1.59. The molecule has 6 heteroatoms. The molecule has 1 fully saturated rings. The molecule has 4 rings (SSSR count). The van der Waals surface area contributed by atoms with Gasteiger partial charge in [-0.15, -0.1) is 0 Å². The number of hydrogen-bond acceptors (Lipinski definition) is 3. The molecule has 27 heavy (non-hydrogen) atoms. The third kappa shape index (κ3) is 3.89. The highest BCUT2D eigenvalue weighted by Crippen LogP contribution is 2.36. The summed E-state index contributed by atoms with van der Waals surface area (Å²) in [6, 6.07) is 12.6. The summed E-state index contributed by atoms with van der Waals surface area (Å²) >= 11 is 0. The molecule has 3 amide bonds. The van der Waals surface area contributed by atoms with Gasteiger partial charge in [-0.1, -0.05) is 6.07 Å². The zero-order chi connectivity index (χ0) is 18.8. The number of anilines is 3. The molecule has 2 aromatic carbocycles. The predicted octanol–water partition coefficient (Wildman–Crippen LogP) is 4.03. The Kier molecular flexibility index (Phi) is 4.71. The fraction of sp³-hybridized carbons (Fsp3) is 0.333. The number of ether oxygens (including phenoxy) is 1. The lowest BCUT2D eigenvalue weighted by molar-refractivity contribution is -0.119. The molecule has 2 aliphatic rings. The minimum atomic E-state index is -0.315. The van der Waals surface area contributed by atoms with E-state index in [1.807, 2.05) is 35.2 Å². The van der Waals surface area contributed by atoms with Crippen LogP contribution in [0, 0.1) is 5.92 Å². The maximum Gasteiger partial charge on any atom is 0.323 e. The normalized spacial score (nSPS) is 15.7. The molecule has 6 nitrogen and oxygen atoms in total. The summed E-state index contributed by atoms with van der Waals surface area (Å²) in [4.78, 5) is 26.7. The Hall–Kier alpha value is -3.02. The van der Waals surface area contributed by atoms with Crippen LogP contribution in [-0.4, -0.2) is 25.6 Å². The number of nitrogens with one attached hydrogen (secondary N) is 2. The summed E-state index contributed by atoms with van der Waals surface area (Å²) in [5.74, 6) is 1.14. The van der Waals surface area contributed by atoms with E-state index in [0.717, 1.165) is 49.2 Å². The molecule has 2 aromatic rings. The lowest BCUT2D eigenvalue weighted by atomic mass is 10.0. The van der Waals surface area contributed by atoms with Gasteiger partial charge in [0.15, 0.2) is 0 Å². The molecule has 0 saturated heterocycles. The number of amides is 3. The van der Waals surface area contributed by atoms with Crippen molar-refractivity contribution >= 4 is 29.0 Å². The number of urea groups is 1. The average molecular weight is 365 g/mol. The van der Waals surface area contributed by atoms with Crippen molar-refractivity contribution in [2.24, 2.45) is 5.92 Å². The van der Waals surface area contributed by atoms with Crippen LogP contribution in [0.5, 0.6) is 5.75 Å². The Balaban J connectivity index is 1.45. The van der Waals surface area contributed by atoms with E-state index in [1.165, 1.54) is 0 Å². The second-order valence-electron chi connectivity index (χ2n) is 7.02. The van der Waals surface area contributed by atoms with Gasteiger partial charge in [-0.25, -0.2) is 4.79 Å². The molecule has 1 heterocycles. The van der Waals surface area contributed by atoms with Gasteiger partial charge < -0.3 is 20.3 Å². The fourth-order valence-electron chi connectivity index (χ4n) is 3.45. The van der Waals surface area contributed by atoms with Gasteiger partial charge in [0.1, 0.15) is 5.75 Å². The van der Waals surface area contributed by atoms with Crippen LogP contribution in [0.4, 0.5) is 21.9 Å². The zero-order valence-corrected chi connectivity index (χ0v) is 15.3. The molecule has 140 valence electrons. The second-order valence-corrected chi connectivity index (χ2v) is 7.02. The third-order valence-electron chi connectivity index (χ3n) is 4.98. The molecule has 0 atom stereocenters. The van der Waals surface area contributed by atoms with E-state index in [9.17, 15) is 9.59 Å². The average Bonchev–Trinajstić information content (AvgIpc) is 3.52. The Morgan fingerprint density at radius 3 is 2.59 bits per heavy atom. The number of rotatable bonds is 4. The molecule has 0 unspecified atom stereocenters. The Morgan fingerprint density at radius 2 is 1.85 bits per heavy atom.